The lowest BCUT2D eigenvalue weighted by atomic mass is 10.2. The van der Waals surface area contributed by atoms with Gasteiger partial charge in [0.2, 0.25) is 11.8 Å². The van der Waals surface area contributed by atoms with E-state index in [-0.39, 0.29) is 18.4 Å². The molecule has 2 amide bonds. The van der Waals surface area contributed by atoms with E-state index in [0.29, 0.717) is 32.7 Å². The summed E-state index contributed by atoms with van der Waals surface area (Å²) in [4.78, 5) is 27.0. The van der Waals surface area contributed by atoms with Gasteiger partial charge in [-0.2, -0.15) is 5.26 Å². The number of morpholine rings is 1. The number of carbonyl (C=O) groups is 2. The van der Waals surface area contributed by atoms with Crippen LogP contribution in [0.2, 0.25) is 0 Å². The minimum atomic E-state index is -0.424. The van der Waals surface area contributed by atoms with Crippen LogP contribution in [0.3, 0.4) is 0 Å². The SMILES string of the molecule is CNC(=O)C1COCCN1CC(=O)N(C)CCC#N. The number of nitrogens with one attached hydrogen (secondary N) is 1. The number of carbonyl (C=O) groups excluding carboxylic acids is 2. The highest BCUT2D eigenvalue weighted by Gasteiger charge is 2.30. The molecule has 106 valence electrons. The van der Waals surface area contributed by atoms with Gasteiger partial charge in [-0.1, -0.05) is 0 Å². The number of hydrogen-bond donors (Lipinski definition) is 1. The first kappa shape index (κ1) is 15.4. The number of rotatable bonds is 5. The molecule has 1 fully saturated rings. The highest BCUT2D eigenvalue weighted by molar-refractivity contribution is 5.83. The van der Waals surface area contributed by atoms with Gasteiger partial charge in [-0.25, -0.2) is 0 Å². The number of ether oxygens (including phenoxy) is 1. The molecule has 0 aromatic rings. The van der Waals surface area contributed by atoms with Gasteiger partial charge in [0, 0.05) is 27.2 Å². The van der Waals surface area contributed by atoms with E-state index in [1.165, 1.54) is 4.90 Å². The van der Waals surface area contributed by atoms with Crippen molar-refractivity contribution in [3.8, 4) is 6.07 Å². The Morgan fingerprint density at radius 2 is 2.32 bits per heavy atom. The van der Waals surface area contributed by atoms with Crippen LogP contribution in [0.1, 0.15) is 6.42 Å². The zero-order valence-corrected chi connectivity index (χ0v) is 11.4. The molecule has 7 heteroatoms. The van der Waals surface area contributed by atoms with E-state index in [0.717, 1.165) is 0 Å². The van der Waals surface area contributed by atoms with Gasteiger partial charge in [0.25, 0.3) is 0 Å². The molecule has 7 nitrogen and oxygen atoms in total. The lowest BCUT2D eigenvalue weighted by Gasteiger charge is -2.34. The van der Waals surface area contributed by atoms with Crippen molar-refractivity contribution < 1.29 is 14.3 Å². The molecule has 0 radical (unpaired) electrons. The quantitative estimate of drug-likeness (QED) is 0.677. The van der Waals surface area contributed by atoms with E-state index in [4.69, 9.17) is 10.00 Å². The third-order valence-electron chi connectivity index (χ3n) is 3.11. The molecule has 19 heavy (non-hydrogen) atoms. The fraction of sp³-hybridized carbons (Fsp3) is 0.750. The van der Waals surface area contributed by atoms with Gasteiger partial charge in [-0.15, -0.1) is 0 Å². The molecule has 1 N–H and O–H groups in total. The summed E-state index contributed by atoms with van der Waals surface area (Å²) < 4.78 is 5.27. The summed E-state index contributed by atoms with van der Waals surface area (Å²) in [6.07, 6.45) is 0.310. The van der Waals surface area contributed by atoms with Crippen molar-refractivity contribution in [3.63, 3.8) is 0 Å². The number of nitrogens with zero attached hydrogens (tertiary/aromatic N) is 3. The Morgan fingerprint density at radius 3 is 2.95 bits per heavy atom. The molecule has 1 saturated heterocycles. The molecule has 1 unspecified atom stereocenters. The second-order valence-corrected chi connectivity index (χ2v) is 4.40. The molecular formula is C12H20N4O3. The largest absolute Gasteiger partial charge is 0.378 e. The van der Waals surface area contributed by atoms with Gasteiger partial charge in [-0.05, 0) is 0 Å². The smallest absolute Gasteiger partial charge is 0.239 e. The van der Waals surface area contributed by atoms with Gasteiger partial charge >= 0.3 is 0 Å². The Balaban J connectivity index is 2.55. The maximum Gasteiger partial charge on any atom is 0.239 e. The topological polar surface area (TPSA) is 85.7 Å². The molecule has 1 rings (SSSR count). The summed E-state index contributed by atoms with van der Waals surface area (Å²) in [7, 11) is 3.23. The average molecular weight is 268 g/mol. The summed E-state index contributed by atoms with van der Waals surface area (Å²) in [5, 5.41) is 11.1. The Labute approximate surface area is 113 Å². The molecule has 0 bridgehead atoms. The first-order chi connectivity index (χ1) is 9.10. The van der Waals surface area contributed by atoms with Gasteiger partial charge in [0.15, 0.2) is 0 Å². The molecule has 0 aliphatic carbocycles. The predicted octanol–water partition coefficient (Wildman–Crippen LogP) is -1.19. The minimum Gasteiger partial charge on any atom is -0.378 e. The lowest BCUT2D eigenvalue weighted by Crippen LogP contribution is -2.55. The monoisotopic (exact) mass is 268 g/mol. The number of hydrogen-bond acceptors (Lipinski definition) is 5. The highest BCUT2D eigenvalue weighted by Crippen LogP contribution is 2.07. The van der Waals surface area contributed by atoms with Crippen LogP contribution in [0.4, 0.5) is 0 Å². The fourth-order valence-corrected chi connectivity index (χ4v) is 1.87. The Bertz CT molecular complexity index is 366. The van der Waals surface area contributed by atoms with Crippen LogP contribution in [0.25, 0.3) is 0 Å². The van der Waals surface area contributed by atoms with E-state index in [2.05, 4.69) is 5.32 Å². The van der Waals surface area contributed by atoms with Gasteiger partial charge < -0.3 is 15.0 Å². The molecule has 1 aliphatic rings. The van der Waals surface area contributed by atoms with Crippen molar-refractivity contribution >= 4 is 11.8 Å². The van der Waals surface area contributed by atoms with Crippen molar-refractivity contribution in [2.24, 2.45) is 0 Å². The summed E-state index contributed by atoms with van der Waals surface area (Å²) in [6, 6.07) is 1.58. The molecular weight excluding hydrogens is 248 g/mol. The van der Waals surface area contributed by atoms with Crippen LogP contribution in [0, 0.1) is 11.3 Å². The van der Waals surface area contributed by atoms with E-state index in [9.17, 15) is 9.59 Å². The molecule has 1 aliphatic heterocycles. The molecule has 0 saturated carbocycles. The Hall–Kier alpha value is -1.65. The Morgan fingerprint density at radius 1 is 1.58 bits per heavy atom. The van der Waals surface area contributed by atoms with Gasteiger partial charge in [0.05, 0.1) is 32.2 Å². The Kier molecular flexibility index (Phi) is 6.25. The van der Waals surface area contributed by atoms with E-state index >= 15 is 0 Å². The summed E-state index contributed by atoms with van der Waals surface area (Å²) in [5.41, 5.74) is 0. The fourth-order valence-electron chi connectivity index (χ4n) is 1.87. The van der Waals surface area contributed by atoms with Crippen molar-refractivity contribution in [2.75, 3.05) is 46.9 Å². The molecule has 0 aromatic carbocycles. The summed E-state index contributed by atoms with van der Waals surface area (Å²) in [6.45, 7) is 1.95. The molecule has 1 atom stereocenters. The maximum atomic E-state index is 12.0. The minimum absolute atomic E-state index is 0.0916. The van der Waals surface area contributed by atoms with Crippen LogP contribution in [-0.2, 0) is 14.3 Å². The number of nitriles is 1. The van der Waals surface area contributed by atoms with E-state index < -0.39 is 6.04 Å². The second kappa shape index (κ2) is 7.71. The molecule has 0 aromatic heterocycles. The first-order valence-corrected chi connectivity index (χ1v) is 6.24. The standard InChI is InChI=1S/C12H20N4O3/c1-14-12(18)10-9-19-7-6-16(10)8-11(17)15(2)5-3-4-13/h10H,3,5-9H2,1-2H3,(H,14,18). The highest BCUT2D eigenvalue weighted by atomic mass is 16.5. The zero-order valence-electron chi connectivity index (χ0n) is 11.4. The number of amides is 2. The average Bonchev–Trinajstić information content (AvgIpc) is 2.44. The van der Waals surface area contributed by atoms with Gasteiger partial charge in [-0.3, -0.25) is 14.5 Å². The molecule has 0 spiro atoms. The van der Waals surface area contributed by atoms with Crippen molar-refractivity contribution in [2.45, 2.75) is 12.5 Å². The van der Waals surface area contributed by atoms with Crippen LogP contribution in [0.5, 0.6) is 0 Å². The van der Waals surface area contributed by atoms with Crippen LogP contribution >= 0.6 is 0 Å². The summed E-state index contributed by atoms with van der Waals surface area (Å²) in [5.74, 6) is -0.238. The molecule has 1 heterocycles. The number of likely N-dealkylation sites (N-methyl/N-ethyl adjacent to an activating group) is 2. The van der Waals surface area contributed by atoms with Crippen molar-refractivity contribution in [1.82, 2.24) is 15.1 Å². The van der Waals surface area contributed by atoms with Crippen molar-refractivity contribution in [3.05, 3.63) is 0 Å². The van der Waals surface area contributed by atoms with E-state index in [1.807, 2.05) is 11.0 Å². The van der Waals surface area contributed by atoms with Crippen LogP contribution in [0.15, 0.2) is 0 Å². The van der Waals surface area contributed by atoms with E-state index in [1.54, 1.807) is 14.1 Å². The van der Waals surface area contributed by atoms with Crippen molar-refractivity contribution in [1.29, 1.82) is 5.26 Å². The predicted molar refractivity (Wildman–Crippen MR) is 68.1 cm³/mol. The normalized spacial score (nSPS) is 19.5. The summed E-state index contributed by atoms with van der Waals surface area (Å²) >= 11 is 0. The lowest BCUT2D eigenvalue weighted by molar-refractivity contribution is -0.138. The third-order valence-corrected chi connectivity index (χ3v) is 3.11. The van der Waals surface area contributed by atoms with Crippen LogP contribution < -0.4 is 5.32 Å². The third kappa shape index (κ3) is 4.50. The van der Waals surface area contributed by atoms with Gasteiger partial charge in [0.1, 0.15) is 6.04 Å². The zero-order chi connectivity index (χ0) is 14.3. The van der Waals surface area contributed by atoms with Crippen LogP contribution in [-0.4, -0.2) is 74.6 Å². The first-order valence-electron chi connectivity index (χ1n) is 6.24. The maximum absolute atomic E-state index is 12.0. The second-order valence-electron chi connectivity index (χ2n) is 4.40.